The second kappa shape index (κ2) is 7.86. The Morgan fingerprint density at radius 3 is 2.68 bits per heavy atom. The number of nitro groups is 1. The summed E-state index contributed by atoms with van der Waals surface area (Å²) in [6.45, 7) is 1.79. The van der Waals surface area contributed by atoms with Crippen LogP contribution < -0.4 is 14.9 Å². The van der Waals surface area contributed by atoms with Crippen LogP contribution in [0.5, 0.6) is 11.5 Å². The van der Waals surface area contributed by atoms with E-state index in [0.29, 0.717) is 22.8 Å². The van der Waals surface area contributed by atoms with Gasteiger partial charge in [-0.05, 0) is 30.0 Å². The first-order valence-corrected chi connectivity index (χ1v) is 7.04. The first-order chi connectivity index (χ1) is 11.9. The highest BCUT2D eigenvalue weighted by Crippen LogP contribution is 2.27. The fraction of sp³-hybridized carbons (Fsp3) is 0.286. The summed E-state index contributed by atoms with van der Waals surface area (Å²) in [5, 5.41) is 18.1. The average Bonchev–Trinajstić information content (AvgIpc) is 3.07. The maximum Gasteiger partial charge on any atom is 0.490 e. The van der Waals surface area contributed by atoms with E-state index in [2.05, 4.69) is 20.6 Å². The molecule has 1 heterocycles. The maximum absolute atomic E-state index is 12.1. The highest BCUT2D eigenvalue weighted by molar-refractivity contribution is 5.95. The predicted molar refractivity (Wildman–Crippen MR) is 86.8 cm³/mol. The second-order valence-electron chi connectivity index (χ2n) is 4.86. The van der Waals surface area contributed by atoms with Gasteiger partial charge in [-0.1, -0.05) is 4.98 Å². The summed E-state index contributed by atoms with van der Waals surface area (Å²) in [5.41, 5.74) is 3.21. The Bertz CT molecular complexity index is 816. The predicted octanol–water partition coefficient (Wildman–Crippen LogP) is 1.01. The first kappa shape index (κ1) is 17.8. The molecule has 0 aliphatic carbocycles. The number of hydrogen-bond acceptors (Lipinski definition) is 8. The van der Waals surface area contributed by atoms with Gasteiger partial charge in [0.2, 0.25) is 6.33 Å². The summed E-state index contributed by atoms with van der Waals surface area (Å²) in [6, 6.07) is 4.71. The highest BCUT2D eigenvalue weighted by Gasteiger charge is 2.14. The molecule has 0 aliphatic heterocycles. The molecular weight excluding hydrogens is 332 g/mol. The van der Waals surface area contributed by atoms with Crippen molar-refractivity contribution in [2.24, 2.45) is 5.10 Å². The average molecular weight is 348 g/mol. The third kappa shape index (κ3) is 4.50. The Morgan fingerprint density at radius 2 is 2.08 bits per heavy atom. The zero-order valence-corrected chi connectivity index (χ0v) is 13.8. The van der Waals surface area contributed by atoms with Crippen LogP contribution in [-0.4, -0.2) is 45.5 Å². The third-order valence-corrected chi connectivity index (χ3v) is 3.07. The van der Waals surface area contributed by atoms with E-state index in [9.17, 15) is 14.9 Å². The number of carbonyl (C=O) groups excluding carboxylic acids is 1. The lowest BCUT2D eigenvalue weighted by Crippen LogP contribution is -2.20. The van der Waals surface area contributed by atoms with Crippen LogP contribution in [0.3, 0.4) is 0 Å². The molecule has 25 heavy (non-hydrogen) atoms. The lowest BCUT2D eigenvalue weighted by molar-refractivity contribution is -0.394. The van der Waals surface area contributed by atoms with E-state index >= 15 is 0 Å². The quantitative estimate of drug-likeness (QED) is 0.448. The smallest absolute Gasteiger partial charge is 0.490 e. The van der Waals surface area contributed by atoms with Crippen LogP contribution in [0.15, 0.2) is 29.6 Å². The van der Waals surface area contributed by atoms with Crippen LogP contribution in [0.1, 0.15) is 17.3 Å². The molecule has 11 nitrogen and oxygen atoms in total. The molecule has 2 aromatic rings. The number of carbonyl (C=O) groups is 1. The molecule has 0 fully saturated rings. The molecule has 0 unspecified atom stereocenters. The molecule has 1 aromatic heterocycles. The minimum Gasteiger partial charge on any atom is -0.493 e. The van der Waals surface area contributed by atoms with Crippen molar-refractivity contribution < 1.29 is 19.2 Å². The Morgan fingerprint density at radius 1 is 1.36 bits per heavy atom. The Labute approximate surface area is 142 Å². The number of ether oxygens (including phenoxy) is 2. The van der Waals surface area contributed by atoms with Gasteiger partial charge in [0.15, 0.2) is 11.5 Å². The lowest BCUT2D eigenvalue weighted by Gasteiger charge is -2.08. The van der Waals surface area contributed by atoms with Crippen molar-refractivity contribution in [3.63, 3.8) is 0 Å². The molecule has 0 atom stereocenters. The van der Waals surface area contributed by atoms with Gasteiger partial charge in [0.1, 0.15) is 0 Å². The SMILES string of the molecule is COc1ccc(C(=O)NN=C(C)Cn2cnc([N+](=O)[O-])n2)cc1OC. The maximum atomic E-state index is 12.1. The number of benzene rings is 1. The monoisotopic (exact) mass is 348 g/mol. The van der Waals surface area contributed by atoms with E-state index in [0.717, 1.165) is 0 Å². The molecule has 0 spiro atoms. The van der Waals surface area contributed by atoms with Crippen LogP contribution in [0.25, 0.3) is 0 Å². The molecular formula is C14H16N6O5. The van der Waals surface area contributed by atoms with Gasteiger partial charge >= 0.3 is 5.95 Å². The fourth-order valence-electron chi connectivity index (χ4n) is 1.90. The van der Waals surface area contributed by atoms with Crippen molar-refractivity contribution in [2.45, 2.75) is 13.5 Å². The van der Waals surface area contributed by atoms with Crippen molar-refractivity contribution in [1.82, 2.24) is 20.2 Å². The standard InChI is InChI=1S/C14H16N6O5/c1-9(7-19-8-15-14(18-19)20(22)23)16-17-13(21)10-4-5-11(24-2)12(6-10)25-3/h4-6,8H,7H2,1-3H3,(H,17,21). The fourth-order valence-corrected chi connectivity index (χ4v) is 1.90. The lowest BCUT2D eigenvalue weighted by atomic mass is 10.2. The van der Waals surface area contributed by atoms with Crippen molar-refractivity contribution in [3.8, 4) is 11.5 Å². The first-order valence-electron chi connectivity index (χ1n) is 7.04. The van der Waals surface area contributed by atoms with Crippen LogP contribution >= 0.6 is 0 Å². The zero-order chi connectivity index (χ0) is 18.4. The molecule has 2 rings (SSSR count). The summed E-state index contributed by atoms with van der Waals surface area (Å²) < 4.78 is 11.5. The van der Waals surface area contributed by atoms with E-state index in [4.69, 9.17) is 9.47 Å². The van der Waals surface area contributed by atoms with Gasteiger partial charge < -0.3 is 19.6 Å². The Hall–Kier alpha value is -3.50. The van der Waals surface area contributed by atoms with Gasteiger partial charge in [-0.2, -0.15) is 9.78 Å². The van der Waals surface area contributed by atoms with E-state index in [1.54, 1.807) is 19.1 Å². The molecule has 11 heteroatoms. The number of hydrogen-bond donors (Lipinski definition) is 1. The molecule has 1 aromatic carbocycles. The molecule has 132 valence electrons. The molecule has 0 aliphatic rings. The number of amides is 1. The molecule has 1 N–H and O–H groups in total. The minimum atomic E-state index is -0.693. The van der Waals surface area contributed by atoms with Crippen LogP contribution in [0, 0.1) is 10.1 Å². The molecule has 0 bridgehead atoms. The number of methoxy groups -OCH3 is 2. The van der Waals surface area contributed by atoms with E-state index < -0.39 is 16.8 Å². The van der Waals surface area contributed by atoms with Gasteiger partial charge in [0.05, 0.1) is 26.5 Å². The molecule has 0 radical (unpaired) electrons. The number of aromatic nitrogens is 3. The van der Waals surface area contributed by atoms with Crippen molar-refractivity contribution >= 4 is 17.6 Å². The van der Waals surface area contributed by atoms with E-state index in [1.807, 2.05) is 0 Å². The summed E-state index contributed by atoms with van der Waals surface area (Å²) in [7, 11) is 2.97. The van der Waals surface area contributed by atoms with Gasteiger partial charge in [0, 0.05) is 10.7 Å². The Kier molecular flexibility index (Phi) is 5.61. The molecule has 0 saturated heterocycles. The number of nitrogens with zero attached hydrogens (tertiary/aromatic N) is 5. The summed E-state index contributed by atoms with van der Waals surface area (Å²) in [6.07, 6.45) is 1.22. The topological polar surface area (TPSA) is 134 Å². The number of rotatable bonds is 7. The van der Waals surface area contributed by atoms with Crippen molar-refractivity contribution in [1.29, 1.82) is 0 Å². The third-order valence-electron chi connectivity index (χ3n) is 3.07. The van der Waals surface area contributed by atoms with Gasteiger partial charge in [-0.25, -0.2) is 5.43 Å². The normalized spacial score (nSPS) is 11.1. The number of hydrazone groups is 1. The van der Waals surface area contributed by atoms with Gasteiger partial charge in [-0.15, -0.1) is 0 Å². The van der Waals surface area contributed by atoms with Crippen molar-refractivity contribution in [3.05, 3.63) is 40.2 Å². The summed E-state index contributed by atoms with van der Waals surface area (Å²) in [5.74, 6) is -0.00989. The zero-order valence-electron chi connectivity index (χ0n) is 13.8. The van der Waals surface area contributed by atoms with Gasteiger partial charge in [0.25, 0.3) is 5.91 Å². The van der Waals surface area contributed by atoms with E-state index in [1.165, 1.54) is 31.3 Å². The number of nitrogens with one attached hydrogen (secondary N) is 1. The summed E-state index contributed by atoms with van der Waals surface area (Å²) in [4.78, 5) is 25.5. The van der Waals surface area contributed by atoms with E-state index in [-0.39, 0.29) is 6.54 Å². The van der Waals surface area contributed by atoms with Crippen molar-refractivity contribution in [2.75, 3.05) is 14.2 Å². The second-order valence-corrected chi connectivity index (χ2v) is 4.86. The van der Waals surface area contributed by atoms with Crippen LogP contribution in [0.4, 0.5) is 5.95 Å². The molecule has 1 amide bonds. The highest BCUT2D eigenvalue weighted by atomic mass is 16.6. The van der Waals surface area contributed by atoms with Gasteiger partial charge in [-0.3, -0.25) is 4.79 Å². The largest absolute Gasteiger partial charge is 0.493 e. The Balaban J connectivity index is 2.02. The van der Waals surface area contributed by atoms with Crippen LogP contribution in [0.2, 0.25) is 0 Å². The minimum absolute atomic E-state index is 0.146. The molecule has 0 saturated carbocycles. The summed E-state index contributed by atoms with van der Waals surface area (Å²) >= 11 is 0. The van der Waals surface area contributed by atoms with Crippen LogP contribution in [-0.2, 0) is 6.54 Å².